The Hall–Kier alpha value is -0.0800. The van der Waals surface area contributed by atoms with Crippen LogP contribution in [-0.2, 0) is 4.74 Å². The molecule has 0 amide bonds. The number of nitrogens with two attached hydrogens (primary N) is 1. The molecular formula is C14H27NO. The summed E-state index contributed by atoms with van der Waals surface area (Å²) in [5, 5.41) is 0. The van der Waals surface area contributed by atoms with Gasteiger partial charge in [-0.15, -0.1) is 0 Å². The minimum atomic E-state index is 0.425. The lowest BCUT2D eigenvalue weighted by Gasteiger charge is -2.24. The highest BCUT2D eigenvalue weighted by atomic mass is 16.5. The molecule has 0 bridgehead atoms. The topological polar surface area (TPSA) is 35.2 Å². The van der Waals surface area contributed by atoms with Gasteiger partial charge >= 0.3 is 0 Å². The predicted molar refractivity (Wildman–Crippen MR) is 67.4 cm³/mol. The first-order valence-electron chi connectivity index (χ1n) is 7.22. The van der Waals surface area contributed by atoms with Crippen LogP contribution in [0.4, 0.5) is 0 Å². The molecule has 0 aromatic carbocycles. The standard InChI is InChI=1S/C14H27NO/c15-13(11-12-5-1-2-6-12)8-9-14-7-3-4-10-16-14/h12-14H,1-11,15H2. The molecule has 2 unspecified atom stereocenters. The highest BCUT2D eigenvalue weighted by Gasteiger charge is 2.20. The maximum Gasteiger partial charge on any atom is 0.0575 e. The highest BCUT2D eigenvalue weighted by Crippen LogP contribution is 2.29. The summed E-state index contributed by atoms with van der Waals surface area (Å²) in [5.41, 5.74) is 6.22. The molecule has 2 fully saturated rings. The van der Waals surface area contributed by atoms with Crippen molar-refractivity contribution in [2.45, 2.75) is 76.4 Å². The van der Waals surface area contributed by atoms with Gasteiger partial charge in [0.1, 0.15) is 0 Å². The van der Waals surface area contributed by atoms with E-state index in [-0.39, 0.29) is 0 Å². The number of hydrogen-bond donors (Lipinski definition) is 1. The van der Waals surface area contributed by atoms with Gasteiger partial charge in [0.05, 0.1) is 6.10 Å². The molecule has 0 aromatic heterocycles. The van der Waals surface area contributed by atoms with Crippen LogP contribution >= 0.6 is 0 Å². The Morgan fingerprint density at radius 3 is 2.50 bits per heavy atom. The molecule has 1 heterocycles. The smallest absolute Gasteiger partial charge is 0.0575 e. The van der Waals surface area contributed by atoms with Crippen molar-refractivity contribution in [1.82, 2.24) is 0 Å². The van der Waals surface area contributed by atoms with Crippen LogP contribution in [0.25, 0.3) is 0 Å². The molecule has 1 saturated carbocycles. The van der Waals surface area contributed by atoms with Gasteiger partial charge in [0, 0.05) is 12.6 Å². The second kappa shape index (κ2) is 6.61. The minimum absolute atomic E-state index is 0.425. The molecule has 1 aliphatic heterocycles. The van der Waals surface area contributed by atoms with E-state index in [0.717, 1.165) is 12.5 Å². The van der Waals surface area contributed by atoms with Crippen molar-refractivity contribution >= 4 is 0 Å². The zero-order valence-corrected chi connectivity index (χ0v) is 10.5. The van der Waals surface area contributed by atoms with Crippen molar-refractivity contribution in [3.05, 3.63) is 0 Å². The Morgan fingerprint density at radius 2 is 1.81 bits per heavy atom. The highest BCUT2D eigenvalue weighted by molar-refractivity contribution is 4.75. The molecule has 0 aromatic rings. The van der Waals surface area contributed by atoms with Crippen molar-refractivity contribution in [3.63, 3.8) is 0 Å². The van der Waals surface area contributed by atoms with Crippen LogP contribution in [0, 0.1) is 5.92 Å². The van der Waals surface area contributed by atoms with Crippen molar-refractivity contribution < 1.29 is 4.74 Å². The Morgan fingerprint density at radius 1 is 1.06 bits per heavy atom. The first kappa shape index (κ1) is 12.4. The molecule has 2 N–H and O–H groups in total. The number of hydrogen-bond acceptors (Lipinski definition) is 2. The molecule has 94 valence electrons. The molecule has 16 heavy (non-hydrogen) atoms. The van der Waals surface area contributed by atoms with E-state index in [1.54, 1.807) is 0 Å². The summed E-state index contributed by atoms with van der Waals surface area (Å²) in [6, 6.07) is 0.425. The van der Waals surface area contributed by atoms with E-state index >= 15 is 0 Å². The predicted octanol–water partition coefficient (Wildman–Crippen LogP) is 3.24. The van der Waals surface area contributed by atoms with Gasteiger partial charge in [0.2, 0.25) is 0 Å². The Labute approximate surface area is 99.9 Å². The zero-order valence-electron chi connectivity index (χ0n) is 10.5. The molecule has 1 aliphatic carbocycles. The fraction of sp³-hybridized carbons (Fsp3) is 1.00. The Kier molecular flexibility index (Phi) is 5.11. The minimum Gasteiger partial charge on any atom is -0.378 e. The van der Waals surface area contributed by atoms with Crippen LogP contribution in [-0.4, -0.2) is 18.8 Å². The number of ether oxygens (including phenoxy) is 1. The second-order valence-corrected chi connectivity index (χ2v) is 5.71. The second-order valence-electron chi connectivity index (χ2n) is 5.71. The summed E-state index contributed by atoms with van der Waals surface area (Å²) in [4.78, 5) is 0. The van der Waals surface area contributed by atoms with E-state index in [9.17, 15) is 0 Å². The van der Waals surface area contributed by atoms with Gasteiger partial charge in [-0.2, -0.15) is 0 Å². The van der Waals surface area contributed by atoms with Crippen LogP contribution in [0.3, 0.4) is 0 Å². The van der Waals surface area contributed by atoms with Crippen LogP contribution < -0.4 is 5.73 Å². The van der Waals surface area contributed by atoms with Crippen molar-refractivity contribution in [1.29, 1.82) is 0 Å². The molecule has 2 atom stereocenters. The number of rotatable bonds is 5. The third kappa shape index (κ3) is 4.06. The summed E-state index contributed by atoms with van der Waals surface area (Å²) < 4.78 is 5.74. The van der Waals surface area contributed by atoms with Crippen LogP contribution in [0.2, 0.25) is 0 Å². The van der Waals surface area contributed by atoms with Crippen LogP contribution in [0.1, 0.15) is 64.2 Å². The van der Waals surface area contributed by atoms with E-state index < -0.39 is 0 Å². The molecule has 2 nitrogen and oxygen atoms in total. The lowest BCUT2D eigenvalue weighted by atomic mass is 9.94. The first-order chi connectivity index (χ1) is 7.84. The summed E-state index contributed by atoms with van der Waals surface area (Å²) in [5.74, 6) is 0.933. The van der Waals surface area contributed by atoms with E-state index in [0.29, 0.717) is 12.1 Å². The van der Waals surface area contributed by atoms with Crippen LogP contribution in [0.15, 0.2) is 0 Å². The van der Waals surface area contributed by atoms with Gasteiger partial charge in [0.15, 0.2) is 0 Å². The zero-order chi connectivity index (χ0) is 11.2. The largest absolute Gasteiger partial charge is 0.378 e. The average molecular weight is 225 g/mol. The maximum atomic E-state index is 6.22. The summed E-state index contributed by atoms with van der Waals surface area (Å²) in [6.45, 7) is 0.975. The fourth-order valence-corrected chi connectivity index (χ4v) is 3.23. The van der Waals surface area contributed by atoms with E-state index in [1.807, 2.05) is 0 Å². The molecule has 1 saturated heterocycles. The summed E-state index contributed by atoms with van der Waals surface area (Å²) in [6.07, 6.45) is 13.7. The van der Waals surface area contributed by atoms with Crippen LogP contribution in [0.5, 0.6) is 0 Å². The van der Waals surface area contributed by atoms with E-state index in [1.165, 1.54) is 64.2 Å². The van der Waals surface area contributed by atoms with Gasteiger partial charge in [-0.3, -0.25) is 0 Å². The molecule has 2 rings (SSSR count). The Bertz CT molecular complexity index is 183. The van der Waals surface area contributed by atoms with Gasteiger partial charge in [-0.25, -0.2) is 0 Å². The first-order valence-corrected chi connectivity index (χ1v) is 7.22. The fourth-order valence-electron chi connectivity index (χ4n) is 3.23. The van der Waals surface area contributed by atoms with E-state index in [2.05, 4.69) is 0 Å². The molecular weight excluding hydrogens is 198 g/mol. The third-order valence-corrected chi connectivity index (χ3v) is 4.24. The molecule has 0 radical (unpaired) electrons. The summed E-state index contributed by atoms with van der Waals surface area (Å²) in [7, 11) is 0. The van der Waals surface area contributed by atoms with Crippen molar-refractivity contribution in [3.8, 4) is 0 Å². The van der Waals surface area contributed by atoms with Gasteiger partial charge in [-0.1, -0.05) is 25.7 Å². The molecule has 0 spiro atoms. The van der Waals surface area contributed by atoms with Gasteiger partial charge in [-0.05, 0) is 44.4 Å². The van der Waals surface area contributed by atoms with Crippen molar-refractivity contribution in [2.24, 2.45) is 11.7 Å². The Balaban J connectivity index is 1.57. The maximum absolute atomic E-state index is 6.22. The normalized spacial score (nSPS) is 29.4. The van der Waals surface area contributed by atoms with Gasteiger partial charge < -0.3 is 10.5 Å². The third-order valence-electron chi connectivity index (χ3n) is 4.24. The SMILES string of the molecule is NC(CCC1CCCCO1)CC1CCCC1. The average Bonchev–Trinajstić information content (AvgIpc) is 2.81. The summed E-state index contributed by atoms with van der Waals surface area (Å²) >= 11 is 0. The molecule has 2 heteroatoms. The lowest BCUT2D eigenvalue weighted by Crippen LogP contribution is -2.26. The van der Waals surface area contributed by atoms with Gasteiger partial charge in [0.25, 0.3) is 0 Å². The quantitative estimate of drug-likeness (QED) is 0.779. The van der Waals surface area contributed by atoms with E-state index in [4.69, 9.17) is 10.5 Å². The monoisotopic (exact) mass is 225 g/mol. The lowest BCUT2D eigenvalue weighted by molar-refractivity contribution is 0.00883. The molecule has 2 aliphatic rings. The van der Waals surface area contributed by atoms with Crippen molar-refractivity contribution in [2.75, 3.05) is 6.61 Å².